The molecule has 1 aliphatic heterocycles. The van der Waals surface area contributed by atoms with Crippen LogP contribution in [0, 0.1) is 6.92 Å². The minimum Gasteiger partial charge on any atom is -0.475 e. The van der Waals surface area contributed by atoms with Gasteiger partial charge in [-0.25, -0.2) is 4.79 Å². The molecule has 17 heavy (non-hydrogen) atoms. The van der Waals surface area contributed by atoms with Crippen LogP contribution in [0.4, 0.5) is 5.69 Å². The molecule has 2 aromatic rings. The highest BCUT2D eigenvalue weighted by molar-refractivity contribution is 5.90. The molecule has 2 N–H and O–H groups in total. The Morgan fingerprint density at radius 3 is 3.12 bits per heavy atom. The SMILES string of the molecule is Cc1nn(C)c2c1-c1oc(C(=O)O)cc1NC2. The highest BCUT2D eigenvalue weighted by atomic mass is 16.4. The van der Waals surface area contributed by atoms with Gasteiger partial charge in [0.1, 0.15) is 0 Å². The molecule has 0 atom stereocenters. The molecule has 0 spiro atoms. The first kappa shape index (κ1) is 9.95. The molecule has 0 fully saturated rings. The van der Waals surface area contributed by atoms with Crippen molar-refractivity contribution in [1.29, 1.82) is 0 Å². The quantitative estimate of drug-likeness (QED) is 0.782. The lowest BCUT2D eigenvalue weighted by atomic mass is 10.1. The standard InChI is InChI=1S/C11H11N3O3/c1-5-9-7(14(2)13-5)4-12-6-3-8(11(15)16)17-10(6)9/h3,12H,4H2,1-2H3,(H,15,16). The zero-order valence-corrected chi connectivity index (χ0v) is 9.44. The number of furan rings is 1. The second-order valence-corrected chi connectivity index (χ2v) is 4.04. The van der Waals surface area contributed by atoms with Crippen molar-refractivity contribution in [1.82, 2.24) is 9.78 Å². The van der Waals surface area contributed by atoms with Crippen molar-refractivity contribution in [3.8, 4) is 11.3 Å². The number of carboxylic acids is 1. The highest BCUT2D eigenvalue weighted by Crippen LogP contribution is 2.39. The summed E-state index contributed by atoms with van der Waals surface area (Å²) in [6.45, 7) is 2.51. The van der Waals surface area contributed by atoms with E-state index < -0.39 is 5.97 Å². The lowest BCUT2D eigenvalue weighted by Crippen LogP contribution is -2.10. The molecule has 88 valence electrons. The third kappa shape index (κ3) is 1.27. The summed E-state index contributed by atoms with van der Waals surface area (Å²) in [7, 11) is 1.86. The zero-order valence-electron chi connectivity index (χ0n) is 9.44. The first-order valence-corrected chi connectivity index (χ1v) is 5.21. The number of carboxylic acid groups (broad SMARTS) is 1. The van der Waals surface area contributed by atoms with E-state index in [9.17, 15) is 4.79 Å². The van der Waals surface area contributed by atoms with Gasteiger partial charge >= 0.3 is 5.97 Å². The molecule has 2 aromatic heterocycles. The maximum Gasteiger partial charge on any atom is 0.371 e. The van der Waals surface area contributed by atoms with Crippen molar-refractivity contribution < 1.29 is 14.3 Å². The number of fused-ring (bicyclic) bond motifs is 3. The molecular formula is C11H11N3O3. The van der Waals surface area contributed by atoms with Crippen LogP contribution in [0.1, 0.15) is 21.9 Å². The van der Waals surface area contributed by atoms with Gasteiger partial charge in [-0.15, -0.1) is 0 Å². The fraction of sp³-hybridized carbons (Fsp3) is 0.273. The van der Waals surface area contributed by atoms with Crippen LogP contribution < -0.4 is 5.32 Å². The van der Waals surface area contributed by atoms with E-state index in [1.54, 1.807) is 4.68 Å². The third-order valence-electron chi connectivity index (χ3n) is 2.96. The summed E-state index contributed by atoms with van der Waals surface area (Å²) >= 11 is 0. The lowest BCUT2D eigenvalue weighted by molar-refractivity contribution is 0.0663. The Kier molecular flexibility index (Phi) is 1.83. The van der Waals surface area contributed by atoms with Crippen LogP contribution in [0.3, 0.4) is 0 Å². The Labute approximate surface area is 96.8 Å². The maximum absolute atomic E-state index is 10.9. The van der Waals surface area contributed by atoms with Gasteiger partial charge in [-0.3, -0.25) is 4.68 Å². The van der Waals surface area contributed by atoms with E-state index in [4.69, 9.17) is 9.52 Å². The number of aromatic carboxylic acids is 1. The number of hydrogen-bond donors (Lipinski definition) is 2. The maximum atomic E-state index is 10.9. The largest absolute Gasteiger partial charge is 0.475 e. The van der Waals surface area contributed by atoms with Crippen LogP contribution in [0.25, 0.3) is 11.3 Å². The summed E-state index contributed by atoms with van der Waals surface area (Å²) in [5.41, 5.74) is 3.46. The molecule has 0 saturated heterocycles. The van der Waals surface area contributed by atoms with Crippen LogP contribution in [0.2, 0.25) is 0 Å². The number of aromatic nitrogens is 2. The second-order valence-electron chi connectivity index (χ2n) is 4.04. The molecule has 1 aliphatic rings. The number of carbonyl (C=O) groups is 1. The fourth-order valence-corrected chi connectivity index (χ4v) is 2.20. The first-order chi connectivity index (χ1) is 8.08. The fourth-order valence-electron chi connectivity index (χ4n) is 2.20. The minimum atomic E-state index is -1.07. The zero-order chi connectivity index (χ0) is 12.2. The first-order valence-electron chi connectivity index (χ1n) is 5.21. The van der Waals surface area contributed by atoms with Gasteiger partial charge in [0.25, 0.3) is 0 Å². The topological polar surface area (TPSA) is 80.3 Å². The molecule has 0 amide bonds. The average molecular weight is 233 g/mol. The van der Waals surface area contributed by atoms with Crippen LogP contribution in [-0.4, -0.2) is 20.9 Å². The van der Waals surface area contributed by atoms with Crippen molar-refractivity contribution >= 4 is 11.7 Å². The van der Waals surface area contributed by atoms with Crippen LogP contribution >= 0.6 is 0 Å². The molecule has 0 radical (unpaired) electrons. The number of hydrogen-bond acceptors (Lipinski definition) is 4. The predicted octanol–water partition coefficient (Wildman–Crippen LogP) is 1.61. The molecular weight excluding hydrogens is 222 g/mol. The summed E-state index contributed by atoms with van der Waals surface area (Å²) in [6.07, 6.45) is 0. The molecule has 0 saturated carbocycles. The van der Waals surface area contributed by atoms with Crippen LogP contribution in [0.5, 0.6) is 0 Å². The Hall–Kier alpha value is -2.24. The number of anilines is 1. The van der Waals surface area contributed by atoms with Crippen molar-refractivity contribution in [3.63, 3.8) is 0 Å². The molecule has 6 heteroatoms. The number of rotatable bonds is 1. The van der Waals surface area contributed by atoms with Crippen molar-refractivity contribution in [2.45, 2.75) is 13.5 Å². The third-order valence-corrected chi connectivity index (χ3v) is 2.96. The molecule has 0 aliphatic carbocycles. The average Bonchev–Trinajstić information content (AvgIpc) is 2.80. The second kappa shape index (κ2) is 3.13. The van der Waals surface area contributed by atoms with E-state index in [0.717, 1.165) is 17.0 Å². The molecule has 3 heterocycles. The molecule has 0 unspecified atom stereocenters. The van der Waals surface area contributed by atoms with Gasteiger partial charge in [-0.2, -0.15) is 5.10 Å². The van der Waals surface area contributed by atoms with Gasteiger partial charge in [0.2, 0.25) is 5.76 Å². The summed E-state index contributed by atoms with van der Waals surface area (Å²) in [6, 6.07) is 1.51. The van der Waals surface area contributed by atoms with E-state index in [-0.39, 0.29) is 5.76 Å². The normalized spacial score (nSPS) is 12.8. The Balaban J connectivity index is 2.25. The lowest BCUT2D eigenvalue weighted by Gasteiger charge is -2.14. The van der Waals surface area contributed by atoms with Crippen molar-refractivity contribution in [2.75, 3.05) is 5.32 Å². The van der Waals surface area contributed by atoms with E-state index in [1.807, 2.05) is 14.0 Å². The van der Waals surface area contributed by atoms with E-state index >= 15 is 0 Å². The predicted molar refractivity (Wildman–Crippen MR) is 59.9 cm³/mol. The van der Waals surface area contributed by atoms with E-state index in [2.05, 4.69) is 10.4 Å². The Morgan fingerprint density at radius 1 is 1.65 bits per heavy atom. The van der Waals surface area contributed by atoms with Gasteiger partial charge in [0.05, 0.1) is 29.2 Å². The summed E-state index contributed by atoms with van der Waals surface area (Å²) in [5, 5.41) is 16.4. The number of nitrogens with one attached hydrogen (secondary N) is 1. The highest BCUT2D eigenvalue weighted by Gasteiger charge is 2.27. The van der Waals surface area contributed by atoms with Crippen molar-refractivity contribution in [3.05, 3.63) is 23.2 Å². The van der Waals surface area contributed by atoms with Crippen LogP contribution in [-0.2, 0) is 13.6 Å². The molecule has 0 aromatic carbocycles. The minimum absolute atomic E-state index is 0.0568. The summed E-state index contributed by atoms with van der Waals surface area (Å²) in [4.78, 5) is 10.9. The van der Waals surface area contributed by atoms with Gasteiger partial charge < -0.3 is 14.8 Å². The van der Waals surface area contributed by atoms with Gasteiger partial charge in [-0.1, -0.05) is 0 Å². The summed E-state index contributed by atoms with van der Waals surface area (Å²) in [5.74, 6) is -0.558. The molecule has 6 nitrogen and oxygen atoms in total. The Bertz CT molecular complexity index is 624. The summed E-state index contributed by atoms with van der Waals surface area (Å²) < 4.78 is 7.15. The number of aryl methyl sites for hydroxylation is 2. The van der Waals surface area contributed by atoms with Gasteiger partial charge in [-0.05, 0) is 6.92 Å². The Morgan fingerprint density at radius 2 is 2.41 bits per heavy atom. The molecule has 0 bridgehead atoms. The van der Waals surface area contributed by atoms with Crippen molar-refractivity contribution in [2.24, 2.45) is 7.05 Å². The number of nitrogens with zero attached hydrogens (tertiary/aromatic N) is 2. The van der Waals surface area contributed by atoms with Gasteiger partial charge in [0.15, 0.2) is 5.76 Å². The monoisotopic (exact) mass is 233 g/mol. The van der Waals surface area contributed by atoms with E-state index in [1.165, 1.54) is 6.07 Å². The van der Waals surface area contributed by atoms with Gasteiger partial charge in [0, 0.05) is 13.1 Å². The van der Waals surface area contributed by atoms with E-state index in [0.29, 0.717) is 18.0 Å². The van der Waals surface area contributed by atoms with Crippen LogP contribution in [0.15, 0.2) is 10.5 Å². The molecule has 3 rings (SSSR count). The smallest absolute Gasteiger partial charge is 0.371 e.